The molecule has 1 unspecified atom stereocenters. The topological polar surface area (TPSA) is 50.5 Å². The Balaban J connectivity index is 1.49. The number of imidazole rings is 1. The maximum absolute atomic E-state index is 15.1. The van der Waals surface area contributed by atoms with E-state index in [0.29, 0.717) is 42.7 Å². The molecular weight excluding hydrogens is 436 g/mol. The molecule has 32 heavy (non-hydrogen) atoms. The van der Waals surface area contributed by atoms with Crippen molar-refractivity contribution in [1.82, 2.24) is 14.5 Å². The summed E-state index contributed by atoms with van der Waals surface area (Å²) in [5.74, 6) is -0.0428. The number of rotatable bonds is 4. The number of aromatic nitrogens is 2. The van der Waals surface area contributed by atoms with Crippen molar-refractivity contribution < 1.29 is 18.6 Å². The number of aryl methyl sites for hydroxylation is 2. The van der Waals surface area contributed by atoms with Gasteiger partial charge in [-0.15, -0.1) is 0 Å². The zero-order valence-corrected chi connectivity index (χ0v) is 18.6. The van der Waals surface area contributed by atoms with Crippen LogP contribution in [-0.4, -0.2) is 44.8 Å². The van der Waals surface area contributed by atoms with Gasteiger partial charge in [0.25, 0.3) is 0 Å². The maximum atomic E-state index is 15.1. The smallest absolute Gasteiger partial charge is 0.167 e. The predicted octanol–water partition coefficient (Wildman–Crippen LogP) is 4.53. The van der Waals surface area contributed by atoms with E-state index >= 15 is 4.39 Å². The molecule has 168 valence electrons. The molecule has 1 fully saturated rings. The number of likely N-dealkylation sites (tertiary alicyclic amines) is 1. The maximum Gasteiger partial charge on any atom is 0.167 e. The fourth-order valence-electron chi connectivity index (χ4n) is 4.90. The van der Waals surface area contributed by atoms with Crippen LogP contribution in [0.15, 0.2) is 36.5 Å². The molecule has 2 heterocycles. The molecule has 5 rings (SSSR count). The number of benzene rings is 2. The van der Waals surface area contributed by atoms with Crippen LogP contribution >= 0.6 is 11.6 Å². The van der Waals surface area contributed by atoms with Crippen LogP contribution in [0.3, 0.4) is 0 Å². The van der Waals surface area contributed by atoms with Crippen LogP contribution in [0, 0.1) is 25.5 Å². The summed E-state index contributed by atoms with van der Waals surface area (Å²) < 4.78 is 37.8. The van der Waals surface area contributed by atoms with Crippen LogP contribution < -0.4 is 4.74 Å². The fourth-order valence-corrected chi connectivity index (χ4v) is 5.11. The molecule has 5 nitrogen and oxygen atoms in total. The van der Waals surface area contributed by atoms with E-state index in [9.17, 15) is 9.50 Å². The first-order valence-electron chi connectivity index (χ1n) is 10.7. The van der Waals surface area contributed by atoms with Crippen LogP contribution in [0.4, 0.5) is 8.78 Å². The van der Waals surface area contributed by atoms with Gasteiger partial charge in [0.05, 0.1) is 17.8 Å². The number of hydrogen-bond donors (Lipinski definition) is 1. The molecule has 1 aliphatic carbocycles. The van der Waals surface area contributed by atoms with Gasteiger partial charge in [-0.2, -0.15) is 0 Å². The Morgan fingerprint density at radius 2 is 1.97 bits per heavy atom. The van der Waals surface area contributed by atoms with Crippen molar-refractivity contribution in [3.8, 4) is 11.4 Å². The van der Waals surface area contributed by atoms with Gasteiger partial charge >= 0.3 is 0 Å². The van der Waals surface area contributed by atoms with E-state index in [1.807, 2.05) is 24.6 Å². The molecule has 1 N–H and O–H groups in total. The minimum atomic E-state index is -0.596. The summed E-state index contributed by atoms with van der Waals surface area (Å²) in [7, 11) is 0. The number of aliphatic hydroxyl groups excluding tert-OH is 1. The molecular formula is C24H24ClF2N3O2. The second kappa shape index (κ2) is 8.14. The van der Waals surface area contributed by atoms with Gasteiger partial charge in [-0.25, -0.2) is 13.8 Å². The van der Waals surface area contributed by atoms with Crippen LogP contribution in [0.1, 0.15) is 35.2 Å². The first-order chi connectivity index (χ1) is 15.3. The molecule has 0 radical (unpaired) electrons. The summed E-state index contributed by atoms with van der Waals surface area (Å²) in [5, 5.41) is 10.3. The van der Waals surface area contributed by atoms with Gasteiger partial charge in [-0.1, -0.05) is 11.6 Å². The second-order valence-electron chi connectivity index (χ2n) is 8.62. The number of halogens is 3. The summed E-state index contributed by atoms with van der Waals surface area (Å²) in [6.07, 6.45) is 1.89. The molecule has 1 aromatic heterocycles. The molecule has 8 heteroatoms. The van der Waals surface area contributed by atoms with Crippen LogP contribution in [-0.2, 0) is 6.42 Å². The van der Waals surface area contributed by atoms with E-state index < -0.39 is 18.0 Å². The molecule has 0 amide bonds. The first kappa shape index (κ1) is 21.4. The Hall–Kier alpha value is -2.48. The molecule has 2 aliphatic rings. The van der Waals surface area contributed by atoms with Gasteiger partial charge in [0.1, 0.15) is 17.7 Å². The van der Waals surface area contributed by atoms with Crippen molar-refractivity contribution in [2.45, 2.75) is 44.9 Å². The zero-order chi connectivity index (χ0) is 22.6. The highest BCUT2D eigenvalue weighted by molar-refractivity contribution is 6.30. The van der Waals surface area contributed by atoms with E-state index in [-0.39, 0.29) is 22.6 Å². The number of nitrogens with zero attached hydrogens (tertiary/aromatic N) is 3. The summed E-state index contributed by atoms with van der Waals surface area (Å²) >= 11 is 6.13. The van der Waals surface area contributed by atoms with Crippen molar-refractivity contribution in [1.29, 1.82) is 0 Å². The average Bonchev–Trinajstić information content (AvgIpc) is 3.41. The first-order valence-corrected chi connectivity index (χ1v) is 11.1. The van der Waals surface area contributed by atoms with Gasteiger partial charge in [-0.3, -0.25) is 4.90 Å². The molecule has 2 aromatic carbocycles. The monoisotopic (exact) mass is 459 g/mol. The summed E-state index contributed by atoms with van der Waals surface area (Å²) in [4.78, 5) is 6.45. The van der Waals surface area contributed by atoms with Crippen molar-refractivity contribution in [2.75, 3.05) is 13.1 Å². The Morgan fingerprint density at radius 3 is 2.62 bits per heavy atom. The minimum Gasteiger partial charge on any atom is -0.481 e. The molecule has 0 saturated carbocycles. The Morgan fingerprint density at radius 1 is 1.16 bits per heavy atom. The Labute approximate surface area is 190 Å². The molecule has 3 aromatic rings. The van der Waals surface area contributed by atoms with Gasteiger partial charge in [0.15, 0.2) is 11.6 Å². The van der Waals surface area contributed by atoms with E-state index in [2.05, 4.69) is 9.88 Å². The number of hydrogen-bond acceptors (Lipinski definition) is 4. The molecule has 1 aliphatic heterocycles. The zero-order valence-electron chi connectivity index (χ0n) is 17.9. The molecule has 1 saturated heterocycles. The van der Waals surface area contributed by atoms with Gasteiger partial charge in [0.2, 0.25) is 0 Å². The molecule has 3 atom stereocenters. The van der Waals surface area contributed by atoms with Crippen LogP contribution in [0.5, 0.6) is 5.75 Å². The highest BCUT2D eigenvalue weighted by Crippen LogP contribution is 2.42. The van der Waals surface area contributed by atoms with E-state index in [1.54, 1.807) is 18.2 Å². The molecule has 0 spiro atoms. The Kier molecular flexibility index (Phi) is 5.43. The third-order valence-corrected chi connectivity index (χ3v) is 6.60. The SMILES string of the molecule is Cc1cn(-c2ccc(O[C@H]3c4cc(Cl)cc(F)c4C[C@@H]3N3CCC(O)C3)c(F)c2)c(C)n1. The lowest BCUT2D eigenvalue weighted by Gasteiger charge is -2.30. The number of aliphatic hydroxyl groups is 1. The predicted molar refractivity (Wildman–Crippen MR) is 117 cm³/mol. The fraction of sp³-hybridized carbons (Fsp3) is 0.375. The van der Waals surface area contributed by atoms with Gasteiger partial charge < -0.3 is 14.4 Å². The lowest BCUT2D eigenvalue weighted by Crippen LogP contribution is -2.39. The van der Waals surface area contributed by atoms with E-state index in [0.717, 1.165) is 11.5 Å². The van der Waals surface area contributed by atoms with Crippen LogP contribution in [0.25, 0.3) is 5.69 Å². The van der Waals surface area contributed by atoms with E-state index in [1.165, 1.54) is 12.1 Å². The standard InChI is InChI=1S/C24H24ClF2N3O2/c1-13-11-30(14(2)28-13)16-3-4-23(21(27)9-16)32-24-19-7-15(25)8-20(26)18(19)10-22(24)29-6-5-17(31)12-29/h3-4,7-9,11,17,22,24,31H,5-6,10,12H2,1-2H3/t17?,22-,24-/m0/s1. The summed E-state index contributed by atoms with van der Waals surface area (Å²) in [6, 6.07) is 7.55. The van der Waals surface area contributed by atoms with Crippen LogP contribution in [0.2, 0.25) is 5.02 Å². The van der Waals surface area contributed by atoms with Crippen molar-refractivity contribution >= 4 is 11.6 Å². The normalized spacial score (nSPS) is 23.0. The largest absolute Gasteiger partial charge is 0.481 e. The van der Waals surface area contributed by atoms with Gasteiger partial charge in [-0.05, 0) is 56.5 Å². The molecule has 0 bridgehead atoms. The highest BCUT2D eigenvalue weighted by Gasteiger charge is 2.42. The second-order valence-corrected chi connectivity index (χ2v) is 9.05. The summed E-state index contributed by atoms with van der Waals surface area (Å²) in [6.45, 7) is 4.90. The third-order valence-electron chi connectivity index (χ3n) is 6.38. The minimum absolute atomic E-state index is 0.0891. The van der Waals surface area contributed by atoms with Crippen molar-refractivity contribution in [3.05, 3.63) is 75.8 Å². The van der Waals surface area contributed by atoms with Crippen molar-refractivity contribution in [2.24, 2.45) is 0 Å². The number of β-amino-alcohol motifs (C(OH)–C–C–N with tert-alkyl or cyclic N) is 1. The Bertz CT molecular complexity index is 1180. The van der Waals surface area contributed by atoms with Crippen molar-refractivity contribution in [3.63, 3.8) is 0 Å². The number of ether oxygens (including phenoxy) is 1. The van der Waals surface area contributed by atoms with Gasteiger partial charge in [0, 0.05) is 41.6 Å². The highest BCUT2D eigenvalue weighted by atomic mass is 35.5. The third kappa shape index (κ3) is 3.78. The average molecular weight is 460 g/mol. The quantitative estimate of drug-likeness (QED) is 0.622. The lowest BCUT2D eigenvalue weighted by molar-refractivity contribution is 0.0790. The van der Waals surface area contributed by atoms with E-state index in [4.69, 9.17) is 16.3 Å². The lowest BCUT2D eigenvalue weighted by atomic mass is 10.1. The summed E-state index contributed by atoms with van der Waals surface area (Å²) in [5.41, 5.74) is 2.66. The number of fused-ring (bicyclic) bond motifs is 1.